The second-order valence-electron chi connectivity index (χ2n) is 8.55. The average Bonchev–Trinajstić information content (AvgIpc) is 3.13. The number of imidazole rings is 1. The first-order valence-corrected chi connectivity index (χ1v) is 10.2. The Morgan fingerprint density at radius 3 is 2.74 bits per heavy atom. The molecular formula is C22H27N3O2. The van der Waals surface area contributed by atoms with Crippen molar-refractivity contribution >= 4 is 5.91 Å². The van der Waals surface area contributed by atoms with Crippen LogP contribution in [0.4, 0.5) is 0 Å². The maximum absolute atomic E-state index is 13.3. The zero-order valence-electron chi connectivity index (χ0n) is 16.0. The Morgan fingerprint density at radius 2 is 2.00 bits per heavy atom. The highest BCUT2D eigenvalue weighted by molar-refractivity contribution is 5.95. The van der Waals surface area contributed by atoms with Crippen LogP contribution in [0.15, 0.2) is 30.3 Å². The van der Waals surface area contributed by atoms with Gasteiger partial charge in [0.2, 0.25) is 0 Å². The Bertz CT molecular complexity index is 852. The van der Waals surface area contributed by atoms with Crippen molar-refractivity contribution in [1.82, 2.24) is 14.5 Å². The summed E-state index contributed by atoms with van der Waals surface area (Å²) in [6.45, 7) is 5.48. The van der Waals surface area contributed by atoms with E-state index < -0.39 is 0 Å². The van der Waals surface area contributed by atoms with E-state index in [0.29, 0.717) is 11.8 Å². The van der Waals surface area contributed by atoms with Gasteiger partial charge in [-0.2, -0.15) is 0 Å². The van der Waals surface area contributed by atoms with E-state index in [1.165, 1.54) is 6.42 Å². The number of rotatable bonds is 2. The lowest BCUT2D eigenvalue weighted by molar-refractivity contribution is -0.00139. The standard InChI is InChI=1S/C22H27N3O2/c1-16-12-22(15-27-16)13-24(14-22)21(26)19-18-10-6-3-7-11-25(18)20(23-19)17-8-4-2-5-9-17/h2,4-5,8-9,16H,3,6-7,10-15H2,1H3. The number of hydrogen-bond donors (Lipinski definition) is 0. The van der Waals surface area contributed by atoms with Gasteiger partial charge in [-0.1, -0.05) is 36.8 Å². The van der Waals surface area contributed by atoms with E-state index in [1.54, 1.807) is 0 Å². The summed E-state index contributed by atoms with van der Waals surface area (Å²) in [5.74, 6) is 1.05. The van der Waals surface area contributed by atoms with Crippen molar-refractivity contribution in [3.63, 3.8) is 0 Å². The van der Waals surface area contributed by atoms with Gasteiger partial charge in [0.15, 0.2) is 0 Å². The summed E-state index contributed by atoms with van der Waals surface area (Å²) in [5, 5.41) is 0. The first-order chi connectivity index (χ1) is 13.2. The minimum absolute atomic E-state index is 0.105. The molecule has 1 spiro atoms. The lowest BCUT2D eigenvalue weighted by atomic mass is 9.78. The number of aromatic nitrogens is 2. The highest BCUT2D eigenvalue weighted by atomic mass is 16.5. The fourth-order valence-corrected chi connectivity index (χ4v) is 5.02. The van der Waals surface area contributed by atoms with Crippen molar-refractivity contribution in [2.75, 3.05) is 19.7 Å². The van der Waals surface area contributed by atoms with Crippen LogP contribution >= 0.6 is 0 Å². The van der Waals surface area contributed by atoms with Crippen LogP contribution in [-0.4, -0.2) is 46.2 Å². The Hall–Kier alpha value is -2.14. The van der Waals surface area contributed by atoms with E-state index in [-0.39, 0.29) is 11.3 Å². The molecule has 2 saturated heterocycles. The molecule has 2 fully saturated rings. The molecular weight excluding hydrogens is 338 g/mol. The highest BCUT2D eigenvalue weighted by Gasteiger charge is 2.50. The molecule has 0 aliphatic carbocycles. The second kappa shape index (κ2) is 6.48. The zero-order chi connectivity index (χ0) is 18.4. The molecule has 0 bridgehead atoms. The van der Waals surface area contributed by atoms with Gasteiger partial charge in [0.1, 0.15) is 11.5 Å². The lowest BCUT2D eigenvalue weighted by Crippen LogP contribution is -2.59. The third-order valence-electron chi connectivity index (χ3n) is 6.34. The fourth-order valence-electron chi connectivity index (χ4n) is 5.02. The molecule has 0 saturated carbocycles. The van der Waals surface area contributed by atoms with Crippen LogP contribution in [0.2, 0.25) is 0 Å². The van der Waals surface area contributed by atoms with Gasteiger partial charge in [-0.25, -0.2) is 4.98 Å². The summed E-state index contributed by atoms with van der Waals surface area (Å²) < 4.78 is 8.05. The number of ether oxygens (including phenoxy) is 1. The van der Waals surface area contributed by atoms with Gasteiger partial charge in [0, 0.05) is 30.6 Å². The number of fused-ring (bicyclic) bond motifs is 1. The molecule has 5 rings (SSSR count). The van der Waals surface area contributed by atoms with Crippen molar-refractivity contribution in [1.29, 1.82) is 0 Å². The van der Waals surface area contributed by atoms with Crippen LogP contribution in [0.3, 0.4) is 0 Å². The maximum Gasteiger partial charge on any atom is 0.274 e. The largest absolute Gasteiger partial charge is 0.378 e. The van der Waals surface area contributed by atoms with E-state index in [0.717, 1.165) is 69.0 Å². The van der Waals surface area contributed by atoms with E-state index in [1.807, 2.05) is 23.1 Å². The summed E-state index contributed by atoms with van der Waals surface area (Å²) >= 11 is 0. The van der Waals surface area contributed by atoms with Crippen molar-refractivity contribution in [3.05, 3.63) is 41.7 Å². The van der Waals surface area contributed by atoms with Gasteiger partial charge in [-0.3, -0.25) is 4.79 Å². The summed E-state index contributed by atoms with van der Waals surface area (Å²) in [6, 6.07) is 10.3. The van der Waals surface area contributed by atoms with Crippen LogP contribution in [-0.2, 0) is 17.7 Å². The van der Waals surface area contributed by atoms with Gasteiger partial charge in [0.05, 0.1) is 18.4 Å². The van der Waals surface area contributed by atoms with Crippen LogP contribution in [0.1, 0.15) is 48.8 Å². The molecule has 0 radical (unpaired) electrons. The Labute approximate surface area is 160 Å². The molecule has 1 unspecified atom stereocenters. The fraction of sp³-hybridized carbons (Fsp3) is 0.545. The molecule has 2 aromatic rings. The van der Waals surface area contributed by atoms with Crippen molar-refractivity contribution < 1.29 is 9.53 Å². The number of amides is 1. The lowest BCUT2D eigenvalue weighted by Gasteiger charge is -2.47. The molecule has 142 valence electrons. The number of nitrogens with zero attached hydrogens (tertiary/aromatic N) is 3. The summed E-state index contributed by atoms with van der Waals surface area (Å²) in [4.78, 5) is 20.1. The normalized spacial score (nSPS) is 23.7. The summed E-state index contributed by atoms with van der Waals surface area (Å²) in [7, 11) is 0. The molecule has 1 atom stereocenters. The van der Waals surface area contributed by atoms with E-state index in [4.69, 9.17) is 9.72 Å². The predicted octanol–water partition coefficient (Wildman–Crippen LogP) is 3.53. The van der Waals surface area contributed by atoms with E-state index in [9.17, 15) is 4.79 Å². The van der Waals surface area contributed by atoms with Gasteiger partial charge in [-0.05, 0) is 32.6 Å². The zero-order valence-corrected chi connectivity index (χ0v) is 16.0. The molecule has 5 heteroatoms. The van der Waals surface area contributed by atoms with Crippen molar-refractivity contribution in [2.45, 2.75) is 51.7 Å². The molecule has 3 aliphatic heterocycles. The van der Waals surface area contributed by atoms with E-state index in [2.05, 4.69) is 23.6 Å². The number of hydrogen-bond acceptors (Lipinski definition) is 3. The molecule has 4 heterocycles. The van der Waals surface area contributed by atoms with Crippen LogP contribution < -0.4 is 0 Å². The summed E-state index contributed by atoms with van der Waals surface area (Å²) in [6.07, 6.45) is 5.82. The molecule has 1 aromatic heterocycles. The molecule has 27 heavy (non-hydrogen) atoms. The minimum atomic E-state index is 0.105. The second-order valence-corrected chi connectivity index (χ2v) is 8.55. The van der Waals surface area contributed by atoms with Crippen molar-refractivity contribution in [3.8, 4) is 11.4 Å². The van der Waals surface area contributed by atoms with Crippen LogP contribution in [0.25, 0.3) is 11.4 Å². The monoisotopic (exact) mass is 365 g/mol. The Kier molecular flexibility index (Phi) is 4.08. The Morgan fingerprint density at radius 1 is 1.19 bits per heavy atom. The van der Waals surface area contributed by atoms with Gasteiger partial charge in [0.25, 0.3) is 5.91 Å². The number of carbonyl (C=O) groups excluding carboxylic acids is 1. The number of likely N-dealkylation sites (tertiary alicyclic amines) is 1. The molecule has 3 aliphatic rings. The van der Waals surface area contributed by atoms with E-state index >= 15 is 0 Å². The average molecular weight is 365 g/mol. The van der Waals surface area contributed by atoms with Gasteiger partial charge in [-0.15, -0.1) is 0 Å². The highest BCUT2D eigenvalue weighted by Crippen LogP contribution is 2.42. The molecule has 5 nitrogen and oxygen atoms in total. The number of benzene rings is 1. The quantitative estimate of drug-likeness (QED) is 0.818. The topological polar surface area (TPSA) is 47.4 Å². The SMILES string of the molecule is CC1CC2(CO1)CN(C(=O)c1nc(-c3ccccc3)n3c1CCCCC3)C2. The maximum atomic E-state index is 13.3. The first-order valence-electron chi connectivity index (χ1n) is 10.2. The minimum Gasteiger partial charge on any atom is -0.378 e. The van der Waals surface area contributed by atoms with Crippen LogP contribution in [0.5, 0.6) is 0 Å². The van der Waals surface area contributed by atoms with Gasteiger partial charge >= 0.3 is 0 Å². The third-order valence-corrected chi connectivity index (χ3v) is 6.34. The third kappa shape index (κ3) is 2.89. The Balaban J connectivity index is 1.46. The van der Waals surface area contributed by atoms with Crippen LogP contribution in [0, 0.1) is 5.41 Å². The molecule has 1 amide bonds. The number of carbonyl (C=O) groups is 1. The predicted molar refractivity (Wildman–Crippen MR) is 104 cm³/mol. The van der Waals surface area contributed by atoms with Crippen molar-refractivity contribution in [2.24, 2.45) is 5.41 Å². The summed E-state index contributed by atoms with van der Waals surface area (Å²) in [5.41, 5.74) is 3.09. The molecule has 1 aromatic carbocycles. The molecule has 0 N–H and O–H groups in total. The first kappa shape index (κ1) is 17.0. The van der Waals surface area contributed by atoms with Gasteiger partial charge < -0.3 is 14.2 Å². The smallest absolute Gasteiger partial charge is 0.274 e.